The van der Waals surface area contributed by atoms with Gasteiger partial charge in [-0.2, -0.15) is 0 Å². The first-order valence-electron chi connectivity index (χ1n) is 7.93. The average Bonchev–Trinajstić information content (AvgIpc) is 2.63. The van der Waals surface area contributed by atoms with E-state index in [1.54, 1.807) is 20.3 Å². The Balaban J connectivity index is 2.21. The number of methoxy groups -OCH3 is 2. The third kappa shape index (κ3) is 2.75. The third-order valence-electron chi connectivity index (χ3n) is 4.28. The molecular weight excluding hydrogens is 304 g/mol. The summed E-state index contributed by atoms with van der Waals surface area (Å²) in [5.41, 5.74) is 1.77. The van der Waals surface area contributed by atoms with Gasteiger partial charge in [0.15, 0.2) is 0 Å². The highest BCUT2D eigenvalue weighted by Gasteiger charge is 2.24. The molecule has 0 saturated heterocycles. The molecule has 4 nitrogen and oxygen atoms in total. The smallest absolute Gasteiger partial charge is 0.343 e. The van der Waals surface area contributed by atoms with Crippen molar-refractivity contribution in [3.8, 4) is 11.5 Å². The molecule has 0 fully saturated rings. The van der Waals surface area contributed by atoms with Gasteiger partial charge in [0, 0.05) is 5.92 Å². The van der Waals surface area contributed by atoms with Crippen molar-refractivity contribution in [1.82, 2.24) is 0 Å². The van der Waals surface area contributed by atoms with Gasteiger partial charge < -0.3 is 13.9 Å². The second kappa shape index (κ2) is 6.79. The molecule has 4 heteroatoms. The highest BCUT2D eigenvalue weighted by Crippen LogP contribution is 2.36. The normalized spacial score (nSPS) is 12.1. The summed E-state index contributed by atoms with van der Waals surface area (Å²) < 4.78 is 16.3. The number of benzene rings is 2. The maximum absolute atomic E-state index is 12.6. The Morgan fingerprint density at radius 1 is 1.00 bits per heavy atom. The molecule has 0 aliphatic rings. The molecule has 1 aromatic heterocycles. The van der Waals surface area contributed by atoms with E-state index in [1.165, 1.54) is 0 Å². The van der Waals surface area contributed by atoms with E-state index < -0.39 is 0 Å². The zero-order valence-corrected chi connectivity index (χ0v) is 14.0. The molecule has 0 saturated carbocycles. The molecule has 0 aliphatic carbocycles. The zero-order valence-electron chi connectivity index (χ0n) is 14.0. The van der Waals surface area contributed by atoms with Gasteiger partial charge in [0.05, 0.1) is 25.2 Å². The lowest BCUT2D eigenvalue weighted by atomic mass is 9.89. The van der Waals surface area contributed by atoms with Crippen molar-refractivity contribution < 1.29 is 13.9 Å². The first-order valence-corrected chi connectivity index (χ1v) is 7.93. The van der Waals surface area contributed by atoms with Crippen molar-refractivity contribution in [2.24, 2.45) is 0 Å². The van der Waals surface area contributed by atoms with Gasteiger partial charge in [0.1, 0.15) is 17.1 Å². The highest BCUT2D eigenvalue weighted by atomic mass is 16.5. The summed E-state index contributed by atoms with van der Waals surface area (Å²) in [7, 11) is 3.22. The number of hydrogen-bond donors (Lipinski definition) is 0. The highest BCUT2D eigenvalue weighted by molar-refractivity contribution is 5.84. The SMILES string of the molecule is CCC(c1ccc(OC)cc1)c1c(OC)c2ccccc2oc1=O. The van der Waals surface area contributed by atoms with E-state index in [-0.39, 0.29) is 11.5 Å². The Hall–Kier alpha value is -2.75. The summed E-state index contributed by atoms with van der Waals surface area (Å²) in [6.07, 6.45) is 0.756. The van der Waals surface area contributed by atoms with Crippen LogP contribution in [0.4, 0.5) is 0 Å². The fourth-order valence-electron chi connectivity index (χ4n) is 3.10. The zero-order chi connectivity index (χ0) is 17.1. The lowest BCUT2D eigenvalue weighted by Crippen LogP contribution is -2.15. The fraction of sp³-hybridized carbons (Fsp3) is 0.250. The Kier molecular flexibility index (Phi) is 4.56. The van der Waals surface area contributed by atoms with Gasteiger partial charge in [-0.1, -0.05) is 31.2 Å². The average molecular weight is 324 g/mol. The predicted octanol–water partition coefficient (Wildman–Crippen LogP) is 4.35. The molecule has 0 bridgehead atoms. The van der Waals surface area contributed by atoms with E-state index >= 15 is 0 Å². The van der Waals surface area contributed by atoms with Crippen LogP contribution < -0.4 is 15.1 Å². The van der Waals surface area contributed by atoms with Crippen LogP contribution in [0.1, 0.15) is 30.4 Å². The van der Waals surface area contributed by atoms with Crippen molar-refractivity contribution >= 4 is 11.0 Å². The van der Waals surface area contributed by atoms with Crippen LogP contribution in [0, 0.1) is 0 Å². The van der Waals surface area contributed by atoms with Gasteiger partial charge in [-0.15, -0.1) is 0 Å². The molecule has 0 radical (unpaired) electrons. The first-order chi connectivity index (χ1) is 11.7. The molecule has 24 heavy (non-hydrogen) atoms. The summed E-state index contributed by atoms with van der Waals surface area (Å²) in [5.74, 6) is 1.27. The molecule has 124 valence electrons. The Bertz CT molecular complexity index is 894. The molecule has 0 spiro atoms. The van der Waals surface area contributed by atoms with E-state index in [1.807, 2.05) is 49.4 Å². The van der Waals surface area contributed by atoms with Crippen molar-refractivity contribution in [1.29, 1.82) is 0 Å². The van der Waals surface area contributed by atoms with Crippen LogP contribution in [-0.2, 0) is 0 Å². The summed E-state index contributed by atoms with van der Waals surface area (Å²) in [5, 5.41) is 0.807. The van der Waals surface area contributed by atoms with Gasteiger partial charge in [-0.25, -0.2) is 4.79 Å². The number of ether oxygens (including phenoxy) is 2. The van der Waals surface area contributed by atoms with Crippen LogP contribution in [0.2, 0.25) is 0 Å². The Labute approximate surface area is 140 Å². The van der Waals surface area contributed by atoms with Crippen LogP contribution in [0.5, 0.6) is 11.5 Å². The standard InChI is InChI=1S/C20H20O4/c1-4-15(13-9-11-14(22-2)12-10-13)18-19(23-3)16-7-5-6-8-17(16)24-20(18)21/h5-12,15H,4H2,1-3H3. The molecule has 0 amide bonds. The summed E-state index contributed by atoms with van der Waals surface area (Å²) in [6.45, 7) is 2.04. The van der Waals surface area contributed by atoms with Crippen molar-refractivity contribution in [2.45, 2.75) is 19.3 Å². The minimum atomic E-state index is -0.354. The van der Waals surface area contributed by atoms with Crippen molar-refractivity contribution in [3.05, 3.63) is 70.1 Å². The van der Waals surface area contributed by atoms with E-state index in [4.69, 9.17) is 13.9 Å². The maximum Gasteiger partial charge on any atom is 0.343 e. The largest absolute Gasteiger partial charge is 0.497 e. The quantitative estimate of drug-likeness (QED) is 0.655. The minimum absolute atomic E-state index is 0.105. The molecule has 1 heterocycles. The van der Waals surface area contributed by atoms with Gasteiger partial charge >= 0.3 is 5.63 Å². The van der Waals surface area contributed by atoms with Crippen LogP contribution in [0.25, 0.3) is 11.0 Å². The molecule has 2 aromatic carbocycles. The Morgan fingerprint density at radius 3 is 2.33 bits per heavy atom. The van der Waals surface area contributed by atoms with E-state index in [9.17, 15) is 4.79 Å². The van der Waals surface area contributed by atoms with Gasteiger partial charge in [-0.05, 0) is 36.2 Å². The van der Waals surface area contributed by atoms with Crippen LogP contribution in [0.3, 0.4) is 0 Å². The topological polar surface area (TPSA) is 48.7 Å². The minimum Gasteiger partial charge on any atom is -0.497 e. The molecule has 1 atom stereocenters. The monoisotopic (exact) mass is 324 g/mol. The summed E-state index contributed by atoms with van der Waals surface area (Å²) in [6, 6.07) is 15.2. The first kappa shape index (κ1) is 16.1. The Morgan fingerprint density at radius 2 is 1.71 bits per heavy atom. The number of para-hydroxylation sites is 1. The van der Waals surface area contributed by atoms with E-state index in [0.717, 1.165) is 23.1 Å². The van der Waals surface area contributed by atoms with Gasteiger partial charge in [0.2, 0.25) is 0 Å². The maximum atomic E-state index is 12.6. The van der Waals surface area contributed by atoms with Crippen molar-refractivity contribution in [2.75, 3.05) is 14.2 Å². The number of fused-ring (bicyclic) bond motifs is 1. The molecule has 0 N–H and O–H groups in total. The molecule has 3 rings (SSSR count). The van der Waals surface area contributed by atoms with E-state index in [0.29, 0.717) is 16.9 Å². The summed E-state index contributed by atoms with van der Waals surface area (Å²) >= 11 is 0. The lowest BCUT2D eigenvalue weighted by Gasteiger charge is -2.19. The summed E-state index contributed by atoms with van der Waals surface area (Å²) in [4.78, 5) is 12.6. The second-order valence-corrected chi connectivity index (χ2v) is 5.57. The van der Waals surface area contributed by atoms with Gasteiger partial charge in [0.25, 0.3) is 0 Å². The van der Waals surface area contributed by atoms with Gasteiger partial charge in [-0.3, -0.25) is 0 Å². The molecular formula is C20H20O4. The third-order valence-corrected chi connectivity index (χ3v) is 4.28. The van der Waals surface area contributed by atoms with Crippen LogP contribution >= 0.6 is 0 Å². The second-order valence-electron chi connectivity index (χ2n) is 5.57. The van der Waals surface area contributed by atoms with Crippen molar-refractivity contribution in [3.63, 3.8) is 0 Å². The number of hydrogen-bond acceptors (Lipinski definition) is 4. The molecule has 1 unspecified atom stereocenters. The van der Waals surface area contributed by atoms with Crippen LogP contribution in [-0.4, -0.2) is 14.2 Å². The molecule has 3 aromatic rings. The number of rotatable bonds is 5. The van der Waals surface area contributed by atoms with E-state index in [2.05, 4.69) is 0 Å². The lowest BCUT2D eigenvalue weighted by molar-refractivity contribution is 0.402. The molecule has 0 aliphatic heterocycles. The fourth-order valence-corrected chi connectivity index (χ4v) is 3.10. The predicted molar refractivity (Wildman–Crippen MR) is 94.2 cm³/mol. The van der Waals surface area contributed by atoms with Crippen LogP contribution in [0.15, 0.2) is 57.7 Å².